The van der Waals surface area contributed by atoms with Crippen LogP contribution in [-0.4, -0.2) is 54.2 Å². The van der Waals surface area contributed by atoms with E-state index in [9.17, 15) is 27.9 Å². The third-order valence-electron chi connectivity index (χ3n) is 4.41. The lowest BCUT2D eigenvalue weighted by Gasteiger charge is -2.21. The van der Waals surface area contributed by atoms with E-state index in [1.807, 2.05) is 6.92 Å². The number of nitrogens with two attached hydrogens (primary N) is 1. The highest BCUT2D eigenvalue weighted by Crippen LogP contribution is 2.25. The molecular weight excluding hydrogens is 414 g/mol. The van der Waals surface area contributed by atoms with Crippen LogP contribution in [0.4, 0.5) is 5.82 Å². The van der Waals surface area contributed by atoms with E-state index in [-0.39, 0.29) is 29.1 Å². The number of aromatic nitrogens is 2. The van der Waals surface area contributed by atoms with Crippen molar-refractivity contribution in [1.82, 2.24) is 15.1 Å². The van der Waals surface area contributed by atoms with E-state index in [0.717, 1.165) is 16.1 Å². The van der Waals surface area contributed by atoms with Crippen LogP contribution in [-0.2, 0) is 26.7 Å². The monoisotopic (exact) mass is 437 g/mol. The number of nitrogens with zero attached hydrogens (tertiary/aromatic N) is 3. The van der Waals surface area contributed by atoms with E-state index in [1.54, 1.807) is 12.1 Å². The van der Waals surface area contributed by atoms with Crippen LogP contribution in [0.1, 0.15) is 28.8 Å². The maximum Gasteiger partial charge on any atom is 0.326 e. The van der Waals surface area contributed by atoms with Gasteiger partial charge in [-0.05, 0) is 25.5 Å². The Kier molecular flexibility index (Phi) is 6.82. The fraction of sp³-hybridized carbons (Fsp3) is 0.333. The SMILES string of the molecule is Cc1ccc(S(=O)(=O)N(C)c2c(C(=O)NC(CCC(N)=O)C(=O)O)cnn2C)cc1. The lowest BCUT2D eigenvalue weighted by Crippen LogP contribution is -2.42. The Bertz CT molecular complexity index is 1060. The summed E-state index contributed by atoms with van der Waals surface area (Å²) in [6, 6.07) is 4.81. The van der Waals surface area contributed by atoms with Gasteiger partial charge in [0.05, 0.1) is 11.1 Å². The fourth-order valence-electron chi connectivity index (χ4n) is 2.73. The minimum Gasteiger partial charge on any atom is -0.480 e. The van der Waals surface area contributed by atoms with Gasteiger partial charge in [0, 0.05) is 20.5 Å². The zero-order chi connectivity index (χ0) is 22.6. The Morgan fingerprint density at radius 1 is 1.27 bits per heavy atom. The molecule has 12 heteroatoms. The number of hydrogen-bond donors (Lipinski definition) is 3. The summed E-state index contributed by atoms with van der Waals surface area (Å²) in [6.07, 6.45) is 0.696. The molecule has 0 aliphatic rings. The molecule has 1 aromatic heterocycles. The highest BCUT2D eigenvalue weighted by molar-refractivity contribution is 7.92. The van der Waals surface area contributed by atoms with Crippen LogP contribution in [0, 0.1) is 6.92 Å². The molecule has 0 saturated carbocycles. The number of benzene rings is 1. The maximum atomic E-state index is 13.0. The van der Waals surface area contributed by atoms with Gasteiger partial charge in [-0.15, -0.1) is 0 Å². The molecule has 11 nitrogen and oxygen atoms in total. The van der Waals surface area contributed by atoms with Gasteiger partial charge in [0.2, 0.25) is 5.91 Å². The number of anilines is 1. The van der Waals surface area contributed by atoms with Gasteiger partial charge in [-0.25, -0.2) is 13.2 Å². The van der Waals surface area contributed by atoms with Crippen LogP contribution in [0.5, 0.6) is 0 Å². The summed E-state index contributed by atoms with van der Waals surface area (Å²) in [4.78, 5) is 35.0. The van der Waals surface area contributed by atoms with E-state index < -0.39 is 33.8 Å². The second-order valence-corrected chi connectivity index (χ2v) is 8.63. The summed E-state index contributed by atoms with van der Waals surface area (Å²) < 4.78 is 28.1. The second-order valence-electron chi connectivity index (χ2n) is 6.66. The summed E-state index contributed by atoms with van der Waals surface area (Å²) in [5.74, 6) is -2.95. The number of carbonyl (C=O) groups is 3. The number of carboxylic acid groups (broad SMARTS) is 1. The van der Waals surface area contributed by atoms with Crippen LogP contribution in [0.3, 0.4) is 0 Å². The lowest BCUT2D eigenvalue weighted by molar-refractivity contribution is -0.139. The molecule has 2 aromatic rings. The maximum absolute atomic E-state index is 13.0. The summed E-state index contributed by atoms with van der Waals surface area (Å²) >= 11 is 0. The largest absolute Gasteiger partial charge is 0.480 e. The van der Waals surface area contributed by atoms with Crippen LogP contribution >= 0.6 is 0 Å². The number of carbonyl (C=O) groups excluding carboxylic acids is 2. The fourth-order valence-corrected chi connectivity index (χ4v) is 3.97. The van der Waals surface area contributed by atoms with Gasteiger partial charge < -0.3 is 16.2 Å². The Labute approximate surface area is 173 Å². The molecule has 1 atom stereocenters. The van der Waals surface area contributed by atoms with Crippen LogP contribution < -0.4 is 15.4 Å². The molecule has 0 fully saturated rings. The first kappa shape index (κ1) is 22.9. The number of nitrogens with one attached hydrogen (secondary N) is 1. The Morgan fingerprint density at radius 2 is 1.87 bits per heavy atom. The smallest absolute Gasteiger partial charge is 0.326 e. The van der Waals surface area contributed by atoms with Gasteiger partial charge in [-0.2, -0.15) is 5.10 Å². The molecule has 30 heavy (non-hydrogen) atoms. The van der Waals surface area contributed by atoms with E-state index in [4.69, 9.17) is 5.73 Å². The molecule has 162 valence electrons. The standard InChI is InChI=1S/C18H23N5O6S/c1-11-4-6-12(7-5-11)30(28,29)23(3)17-13(10-20-22(17)2)16(25)21-14(18(26)27)8-9-15(19)24/h4-7,10,14H,8-9H2,1-3H3,(H2,19,24)(H,21,25)(H,26,27). The molecule has 0 bridgehead atoms. The van der Waals surface area contributed by atoms with Gasteiger partial charge in [-0.1, -0.05) is 17.7 Å². The van der Waals surface area contributed by atoms with E-state index >= 15 is 0 Å². The quantitative estimate of drug-likeness (QED) is 0.497. The van der Waals surface area contributed by atoms with Crippen LogP contribution in [0.25, 0.3) is 0 Å². The number of sulfonamides is 1. The average Bonchev–Trinajstić information content (AvgIpc) is 3.05. The summed E-state index contributed by atoms with van der Waals surface area (Å²) in [5, 5.41) is 15.5. The van der Waals surface area contributed by atoms with Crippen molar-refractivity contribution in [3.63, 3.8) is 0 Å². The van der Waals surface area contributed by atoms with Crippen molar-refractivity contribution in [2.75, 3.05) is 11.4 Å². The first-order chi connectivity index (χ1) is 13.9. The molecule has 2 rings (SSSR count). The number of amides is 2. The Morgan fingerprint density at radius 3 is 2.40 bits per heavy atom. The highest BCUT2D eigenvalue weighted by Gasteiger charge is 2.30. The first-order valence-electron chi connectivity index (χ1n) is 8.84. The van der Waals surface area contributed by atoms with Gasteiger partial charge in [0.25, 0.3) is 15.9 Å². The molecule has 0 radical (unpaired) electrons. The van der Waals surface area contributed by atoms with Crippen molar-refractivity contribution in [2.24, 2.45) is 12.8 Å². The molecule has 0 spiro atoms. The van der Waals surface area contributed by atoms with Crippen LogP contribution in [0.15, 0.2) is 35.4 Å². The topological polar surface area (TPSA) is 165 Å². The lowest BCUT2D eigenvalue weighted by atomic mass is 10.1. The van der Waals surface area contributed by atoms with Crippen molar-refractivity contribution in [3.8, 4) is 0 Å². The third-order valence-corrected chi connectivity index (χ3v) is 6.17. The van der Waals surface area contributed by atoms with Crippen molar-refractivity contribution in [1.29, 1.82) is 0 Å². The zero-order valence-corrected chi connectivity index (χ0v) is 17.5. The van der Waals surface area contributed by atoms with Crippen molar-refractivity contribution in [2.45, 2.75) is 30.7 Å². The van der Waals surface area contributed by atoms with Crippen LogP contribution in [0.2, 0.25) is 0 Å². The molecule has 1 aromatic carbocycles. The molecular formula is C18H23N5O6S. The first-order valence-corrected chi connectivity index (χ1v) is 10.3. The molecule has 0 aliphatic heterocycles. The Hall–Kier alpha value is -3.41. The zero-order valence-electron chi connectivity index (χ0n) is 16.7. The number of aliphatic carboxylic acids is 1. The minimum absolute atomic E-state index is 0.0213. The number of aryl methyl sites for hydroxylation is 2. The van der Waals surface area contributed by atoms with E-state index in [2.05, 4.69) is 10.4 Å². The van der Waals surface area contributed by atoms with E-state index in [1.165, 1.54) is 30.9 Å². The second kappa shape index (κ2) is 8.95. The van der Waals surface area contributed by atoms with Crippen molar-refractivity contribution >= 4 is 33.6 Å². The van der Waals surface area contributed by atoms with E-state index in [0.29, 0.717) is 0 Å². The van der Waals surface area contributed by atoms with Crippen molar-refractivity contribution in [3.05, 3.63) is 41.6 Å². The predicted octanol–water partition coefficient (Wildman–Crippen LogP) is 0.00212. The van der Waals surface area contributed by atoms with Crippen molar-refractivity contribution < 1.29 is 27.9 Å². The summed E-state index contributed by atoms with van der Waals surface area (Å²) in [7, 11) is -1.29. The predicted molar refractivity (Wildman–Crippen MR) is 107 cm³/mol. The number of hydrogen-bond acceptors (Lipinski definition) is 6. The molecule has 2 amide bonds. The molecule has 0 saturated heterocycles. The third kappa shape index (κ3) is 4.95. The molecule has 1 heterocycles. The number of carboxylic acids is 1. The summed E-state index contributed by atoms with van der Waals surface area (Å²) in [5.41, 5.74) is 5.78. The highest BCUT2D eigenvalue weighted by atomic mass is 32.2. The Balaban J connectivity index is 2.35. The molecule has 0 aliphatic carbocycles. The average molecular weight is 437 g/mol. The van der Waals surface area contributed by atoms with Gasteiger partial charge >= 0.3 is 5.97 Å². The minimum atomic E-state index is -4.01. The van der Waals surface area contributed by atoms with Gasteiger partial charge in [0.1, 0.15) is 11.6 Å². The number of rotatable bonds is 9. The molecule has 4 N–H and O–H groups in total. The normalized spacial score (nSPS) is 12.2. The van der Waals surface area contributed by atoms with Gasteiger partial charge in [-0.3, -0.25) is 18.6 Å². The molecule has 1 unspecified atom stereocenters. The number of primary amides is 1. The van der Waals surface area contributed by atoms with Gasteiger partial charge in [0.15, 0.2) is 5.82 Å². The summed E-state index contributed by atoms with van der Waals surface area (Å²) in [6.45, 7) is 1.82.